The monoisotopic (exact) mass is 265 g/mol. The molecule has 18 heavy (non-hydrogen) atoms. The molecule has 0 aliphatic rings. The fourth-order valence-electron chi connectivity index (χ4n) is 1.38. The number of nitrogens with zero attached hydrogens (tertiary/aromatic N) is 1. The van der Waals surface area contributed by atoms with Crippen LogP contribution >= 0.6 is 11.3 Å². The summed E-state index contributed by atoms with van der Waals surface area (Å²) in [6, 6.07) is 5.68. The molecule has 0 bridgehead atoms. The number of aromatic nitrogens is 1. The summed E-state index contributed by atoms with van der Waals surface area (Å²) in [7, 11) is 0. The Morgan fingerprint density at radius 2 is 2.22 bits per heavy atom. The lowest BCUT2D eigenvalue weighted by molar-refractivity contribution is -0.116. The number of amides is 1. The second-order valence-electron chi connectivity index (χ2n) is 3.67. The maximum atomic E-state index is 13.4. The molecule has 1 aromatic carbocycles. The minimum atomic E-state index is -0.550. The molecule has 0 aliphatic heterocycles. The summed E-state index contributed by atoms with van der Waals surface area (Å²) in [5.41, 5.74) is 0.305. The van der Waals surface area contributed by atoms with Gasteiger partial charge in [-0.2, -0.15) is 0 Å². The lowest BCUT2D eigenvalue weighted by Gasteiger charge is -2.14. The van der Waals surface area contributed by atoms with Crippen LogP contribution in [0.5, 0.6) is 0 Å². The Labute approximate surface area is 108 Å². The fraction of sp³-hybridized carbons (Fsp3) is 0.167. The van der Waals surface area contributed by atoms with E-state index in [4.69, 9.17) is 0 Å². The molecule has 0 unspecified atom stereocenters. The van der Waals surface area contributed by atoms with E-state index in [1.54, 1.807) is 36.7 Å². The van der Waals surface area contributed by atoms with Crippen molar-refractivity contribution in [3.05, 3.63) is 41.7 Å². The van der Waals surface area contributed by atoms with Crippen LogP contribution < -0.4 is 10.6 Å². The van der Waals surface area contributed by atoms with Gasteiger partial charge in [-0.3, -0.25) is 4.79 Å². The highest BCUT2D eigenvalue weighted by molar-refractivity contribution is 7.13. The zero-order valence-electron chi connectivity index (χ0n) is 9.68. The zero-order valence-corrected chi connectivity index (χ0v) is 10.5. The summed E-state index contributed by atoms with van der Waals surface area (Å²) >= 11 is 1.33. The van der Waals surface area contributed by atoms with Crippen LogP contribution in [0.3, 0.4) is 0 Å². The van der Waals surface area contributed by atoms with Crippen LogP contribution in [-0.2, 0) is 4.79 Å². The summed E-state index contributed by atoms with van der Waals surface area (Å²) < 4.78 is 13.4. The van der Waals surface area contributed by atoms with Gasteiger partial charge in [0.1, 0.15) is 11.9 Å². The summed E-state index contributed by atoms with van der Waals surface area (Å²) in [6.07, 6.45) is 1.61. The highest BCUT2D eigenvalue weighted by Gasteiger charge is 2.15. The molecule has 1 aromatic heterocycles. The van der Waals surface area contributed by atoms with E-state index < -0.39 is 6.04 Å². The third-order valence-electron chi connectivity index (χ3n) is 2.30. The van der Waals surface area contributed by atoms with Gasteiger partial charge in [0, 0.05) is 11.6 Å². The lowest BCUT2D eigenvalue weighted by Crippen LogP contribution is -2.32. The smallest absolute Gasteiger partial charge is 0.248 e. The van der Waals surface area contributed by atoms with Gasteiger partial charge in [0.15, 0.2) is 5.13 Å². The summed E-state index contributed by atoms with van der Waals surface area (Å²) in [6.45, 7) is 1.66. The highest BCUT2D eigenvalue weighted by Crippen LogP contribution is 2.15. The van der Waals surface area contributed by atoms with E-state index in [-0.39, 0.29) is 11.7 Å². The molecular formula is C12H12FN3OS. The van der Waals surface area contributed by atoms with Gasteiger partial charge in [0.25, 0.3) is 0 Å². The second kappa shape index (κ2) is 5.59. The number of carbonyl (C=O) groups is 1. The van der Waals surface area contributed by atoms with Crippen LogP contribution in [0.25, 0.3) is 0 Å². The molecule has 0 spiro atoms. The van der Waals surface area contributed by atoms with Crippen molar-refractivity contribution in [2.45, 2.75) is 13.0 Å². The number of thiazole rings is 1. The van der Waals surface area contributed by atoms with E-state index in [2.05, 4.69) is 15.6 Å². The Hall–Kier alpha value is -1.95. The number of rotatable bonds is 4. The van der Waals surface area contributed by atoms with Crippen LogP contribution in [-0.4, -0.2) is 16.9 Å². The van der Waals surface area contributed by atoms with Crippen LogP contribution in [0.2, 0.25) is 0 Å². The molecule has 0 saturated carbocycles. The third-order valence-corrected chi connectivity index (χ3v) is 2.99. The van der Waals surface area contributed by atoms with Crippen LogP contribution in [0.1, 0.15) is 6.92 Å². The minimum absolute atomic E-state index is 0.256. The largest absolute Gasteiger partial charge is 0.372 e. The van der Waals surface area contributed by atoms with E-state index in [0.717, 1.165) is 0 Å². The van der Waals surface area contributed by atoms with Gasteiger partial charge in [0.05, 0.1) is 5.69 Å². The van der Waals surface area contributed by atoms with Crippen LogP contribution in [0.4, 0.5) is 15.2 Å². The van der Waals surface area contributed by atoms with Crippen molar-refractivity contribution in [1.29, 1.82) is 0 Å². The first-order chi connectivity index (χ1) is 8.66. The van der Waals surface area contributed by atoms with Crippen LogP contribution in [0.15, 0.2) is 35.8 Å². The normalized spacial score (nSPS) is 11.9. The molecule has 6 heteroatoms. The number of anilines is 2. The number of hydrogen-bond acceptors (Lipinski definition) is 4. The summed E-state index contributed by atoms with van der Waals surface area (Å²) in [5, 5.41) is 7.76. The van der Waals surface area contributed by atoms with Gasteiger partial charge in [-0.05, 0) is 19.1 Å². The number of benzene rings is 1. The molecule has 2 N–H and O–H groups in total. The average molecular weight is 265 g/mol. The molecule has 2 aromatic rings. The fourth-order valence-corrected chi connectivity index (χ4v) is 1.91. The average Bonchev–Trinajstić information content (AvgIpc) is 2.84. The Balaban J connectivity index is 1.97. The van der Waals surface area contributed by atoms with Gasteiger partial charge in [0.2, 0.25) is 5.91 Å². The molecule has 0 radical (unpaired) electrons. The Morgan fingerprint density at radius 3 is 2.89 bits per heavy atom. The van der Waals surface area contributed by atoms with Crippen molar-refractivity contribution in [1.82, 2.24) is 4.98 Å². The number of hydrogen-bond donors (Lipinski definition) is 2. The van der Waals surface area contributed by atoms with E-state index in [0.29, 0.717) is 10.8 Å². The molecule has 1 amide bonds. The maximum Gasteiger partial charge on any atom is 0.248 e. The Morgan fingerprint density at radius 1 is 1.44 bits per heavy atom. The molecule has 0 aliphatic carbocycles. The van der Waals surface area contributed by atoms with Crippen molar-refractivity contribution < 1.29 is 9.18 Å². The number of nitrogens with one attached hydrogen (secondary N) is 2. The predicted molar refractivity (Wildman–Crippen MR) is 70.2 cm³/mol. The zero-order chi connectivity index (χ0) is 13.0. The molecule has 4 nitrogen and oxygen atoms in total. The summed E-state index contributed by atoms with van der Waals surface area (Å²) in [5.74, 6) is -0.639. The Kier molecular flexibility index (Phi) is 3.88. The van der Waals surface area contributed by atoms with Crippen molar-refractivity contribution in [3.63, 3.8) is 0 Å². The number of carbonyl (C=O) groups excluding carboxylic acids is 1. The second-order valence-corrected chi connectivity index (χ2v) is 4.57. The molecule has 0 fully saturated rings. The highest BCUT2D eigenvalue weighted by atomic mass is 32.1. The minimum Gasteiger partial charge on any atom is -0.372 e. The lowest BCUT2D eigenvalue weighted by atomic mass is 10.2. The molecule has 1 heterocycles. The first-order valence-corrected chi connectivity index (χ1v) is 6.26. The van der Waals surface area contributed by atoms with Crippen molar-refractivity contribution in [2.75, 3.05) is 10.6 Å². The number of halogens is 1. The molecule has 94 valence electrons. The summed E-state index contributed by atoms with van der Waals surface area (Å²) in [4.78, 5) is 15.7. The van der Waals surface area contributed by atoms with Crippen molar-refractivity contribution in [3.8, 4) is 0 Å². The van der Waals surface area contributed by atoms with Gasteiger partial charge in [-0.1, -0.05) is 12.1 Å². The van der Waals surface area contributed by atoms with Crippen LogP contribution in [0, 0.1) is 5.82 Å². The van der Waals surface area contributed by atoms with Crippen molar-refractivity contribution >= 4 is 28.1 Å². The third kappa shape index (κ3) is 3.04. The standard InChI is InChI=1S/C12H12FN3OS/c1-8(11(17)16-12-14-6-7-18-12)15-10-5-3-2-4-9(10)13/h2-8,15H,1H3,(H,14,16,17)/t8-/m0/s1. The topological polar surface area (TPSA) is 54.0 Å². The van der Waals surface area contributed by atoms with Gasteiger partial charge >= 0.3 is 0 Å². The van der Waals surface area contributed by atoms with Gasteiger partial charge in [-0.15, -0.1) is 11.3 Å². The maximum absolute atomic E-state index is 13.4. The van der Waals surface area contributed by atoms with Gasteiger partial charge in [-0.25, -0.2) is 9.37 Å². The Bertz CT molecular complexity index is 530. The van der Waals surface area contributed by atoms with E-state index >= 15 is 0 Å². The first kappa shape index (κ1) is 12.5. The SMILES string of the molecule is C[C@H](Nc1ccccc1F)C(=O)Nc1nccs1. The van der Waals surface area contributed by atoms with E-state index in [1.165, 1.54) is 17.4 Å². The predicted octanol–water partition coefficient (Wildman–Crippen LogP) is 2.72. The molecular weight excluding hydrogens is 253 g/mol. The van der Waals surface area contributed by atoms with E-state index in [1.807, 2.05) is 0 Å². The van der Waals surface area contributed by atoms with E-state index in [9.17, 15) is 9.18 Å². The number of para-hydroxylation sites is 1. The molecule has 2 rings (SSSR count). The molecule has 0 saturated heterocycles. The first-order valence-electron chi connectivity index (χ1n) is 5.38. The van der Waals surface area contributed by atoms with Crippen molar-refractivity contribution in [2.24, 2.45) is 0 Å². The molecule has 1 atom stereocenters. The van der Waals surface area contributed by atoms with Gasteiger partial charge < -0.3 is 10.6 Å². The quantitative estimate of drug-likeness (QED) is 0.893.